The van der Waals surface area contributed by atoms with Crippen molar-refractivity contribution in [3.05, 3.63) is 34.2 Å². The van der Waals surface area contributed by atoms with Crippen molar-refractivity contribution in [3.63, 3.8) is 0 Å². The average molecular weight is 294 g/mol. The molecule has 0 amide bonds. The number of nitrogens with zero attached hydrogens (tertiary/aromatic N) is 4. The summed E-state index contributed by atoms with van der Waals surface area (Å²) in [7, 11) is 1.90. The van der Waals surface area contributed by atoms with Gasteiger partial charge in [-0.2, -0.15) is 5.10 Å². The third kappa shape index (κ3) is 2.00. The van der Waals surface area contributed by atoms with E-state index < -0.39 is 0 Å². The highest BCUT2D eigenvalue weighted by Crippen LogP contribution is 2.37. The first-order valence-electron chi connectivity index (χ1n) is 7.52. The molecule has 0 unspecified atom stereocenters. The highest BCUT2D eigenvalue weighted by Gasteiger charge is 2.37. The Kier molecular flexibility index (Phi) is 3.07. The van der Waals surface area contributed by atoms with Gasteiger partial charge in [-0.15, -0.1) is 6.42 Å². The fourth-order valence-electron chi connectivity index (χ4n) is 3.37. The number of rotatable bonds is 1. The minimum absolute atomic E-state index is 0.0854. The molecular formula is C18H22N4. The van der Waals surface area contributed by atoms with Crippen molar-refractivity contribution in [2.45, 2.75) is 40.2 Å². The van der Waals surface area contributed by atoms with Gasteiger partial charge in [-0.25, -0.2) is 0 Å². The first-order valence-corrected chi connectivity index (χ1v) is 7.52. The van der Waals surface area contributed by atoms with Gasteiger partial charge in [-0.3, -0.25) is 9.67 Å². The zero-order valence-electron chi connectivity index (χ0n) is 14.2. The molecule has 4 heteroatoms. The molecule has 0 saturated carbocycles. The normalized spacial score (nSPS) is 19.8. The highest BCUT2D eigenvalue weighted by molar-refractivity contribution is 6.07. The first-order chi connectivity index (χ1) is 10.2. The number of aliphatic imine (C=N–C) groups is 1. The van der Waals surface area contributed by atoms with E-state index in [2.05, 4.69) is 49.7 Å². The van der Waals surface area contributed by atoms with Gasteiger partial charge in [0.25, 0.3) is 0 Å². The fraction of sp³-hybridized carbons (Fsp3) is 0.444. The zero-order valence-corrected chi connectivity index (χ0v) is 14.2. The molecule has 0 aliphatic carbocycles. The Morgan fingerprint density at radius 2 is 1.95 bits per heavy atom. The third-order valence-corrected chi connectivity index (χ3v) is 4.28. The van der Waals surface area contributed by atoms with E-state index in [4.69, 9.17) is 11.4 Å². The van der Waals surface area contributed by atoms with E-state index in [0.717, 1.165) is 35.0 Å². The van der Waals surface area contributed by atoms with Crippen molar-refractivity contribution in [2.75, 3.05) is 6.54 Å². The molecule has 1 aromatic rings. The molecular weight excluding hydrogens is 272 g/mol. The predicted octanol–water partition coefficient (Wildman–Crippen LogP) is 2.89. The van der Waals surface area contributed by atoms with Crippen LogP contribution < -0.4 is 0 Å². The largest absolute Gasteiger partial charge is 0.322 e. The summed E-state index contributed by atoms with van der Waals surface area (Å²) in [6.45, 7) is 11.5. The molecule has 2 aliphatic rings. The van der Waals surface area contributed by atoms with Crippen LogP contribution in [0.1, 0.15) is 44.6 Å². The van der Waals surface area contributed by atoms with Crippen molar-refractivity contribution in [3.8, 4) is 12.3 Å². The van der Waals surface area contributed by atoms with Crippen molar-refractivity contribution >= 4 is 11.5 Å². The molecule has 0 aromatic carbocycles. The Balaban J connectivity index is 2.21. The summed E-state index contributed by atoms with van der Waals surface area (Å²) in [6, 6.07) is 0. The van der Waals surface area contributed by atoms with Crippen LogP contribution in [0.15, 0.2) is 22.2 Å². The van der Waals surface area contributed by atoms with E-state index in [1.54, 1.807) is 4.68 Å². The van der Waals surface area contributed by atoms with Crippen LogP contribution in [0.4, 0.5) is 0 Å². The lowest BCUT2D eigenvalue weighted by molar-refractivity contribution is 0.459. The molecule has 1 aromatic heterocycles. The van der Waals surface area contributed by atoms with Crippen molar-refractivity contribution in [1.82, 2.24) is 14.7 Å². The summed E-state index contributed by atoms with van der Waals surface area (Å²) in [4.78, 5) is 7.17. The standard InChI is InChI=1S/C18H22N4/c1-8-14-13(4)15(20-21(14)7)16-11(2)9-12(3)17-19-18(5,6)10-22(16)17/h1,9H,10H2,2-7H3. The molecule has 3 rings (SSSR count). The molecule has 0 bridgehead atoms. The van der Waals surface area contributed by atoms with Crippen LogP contribution in [-0.4, -0.2) is 32.6 Å². The molecule has 4 nitrogen and oxygen atoms in total. The molecule has 0 N–H and O–H groups in total. The van der Waals surface area contributed by atoms with E-state index in [0.29, 0.717) is 0 Å². The van der Waals surface area contributed by atoms with Crippen LogP contribution in [0, 0.1) is 19.3 Å². The topological polar surface area (TPSA) is 33.4 Å². The van der Waals surface area contributed by atoms with E-state index in [-0.39, 0.29) is 5.54 Å². The summed E-state index contributed by atoms with van der Waals surface area (Å²) >= 11 is 0. The lowest BCUT2D eigenvalue weighted by Crippen LogP contribution is -2.34. The first kappa shape index (κ1) is 14.6. The van der Waals surface area contributed by atoms with Crippen molar-refractivity contribution in [1.29, 1.82) is 0 Å². The fourth-order valence-corrected chi connectivity index (χ4v) is 3.37. The highest BCUT2D eigenvalue weighted by atomic mass is 15.3. The van der Waals surface area contributed by atoms with Gasteiger partial charge in [0.05, 0.1) is 11.2 Å². The van der Waals surface area contributed by atoms with E-state index >= 15 is 0 Å². The van der Waals surface area contributed by atoms with Gasteiger partial charge in [-0.05, 0) is 45.8 Å². The molecule has 3 heterocycles. The van der Waals surface area contributed by atoms with Crippen molar-refractivity contribution in [2.24, 2.45) is 12.0 Å². The van der Waals surface area contributed by atoms with Gasteiger partial charge >= 0.3 is 0 Å². The van der Waals surface area contributed by atoms with E-state index in [1.807, 2.05) is 14.0 Å². The lowest BCUT2D eigenvalue weighted by atomic mass is 9.99. The summed E-state index contributed by atoms with van der Waals surface area (Å²) in [5.74, 6) is 3.79. The second-order valence-electron chi connectivity index (χ2n) is 6.78. The van der Waals surface area contributed by atoms with E-state index in [9.17, 15) is 0 Å². The van der Waals surface area contributed by atoms with Gasteiger partial charge in [0.2, 0.25) is 0 Å². The number of terminal acetylenes is 1. The number of aryl methyl sites for hydroxylation is 1. The molecule has 22 heavy (non-hydrogen) atoms. The van der Waals surface area contributed by atoms with Gasteiger partial charge in [0.15, 0.2) is 0 Å². The monoisotopic (exact) mass is 294 g/mol. The van der Waals surface area contributed by atoms with Gasteiger partial charge < -0.3 is 4.90 Å². The summed E-state index contributed by atoms with van der Waals surface area (Å²) in [6.07, 6.45) is 7.82. The third-order valence-electron chi connectivity index (χ3n) is 4.28. The van der Waals surface area contributed by atoms with Gasteiger partial charge in [-0.1, -0.05) is 12.0 Å². The minimum atomic E-state index is -0.0854. The Bertz CT molecular complexity index is 794. The molecule has 0 saturated heterocycles. The summed E-state index contributed by atoms with van der Waals surface area (Å²) < 4.78 is 1.79. The maximum absolute atomic E-state index is 5.62. The van der Waals surface area contributed by atoms with Crippen LogP contribution in [0.2, 0.25) is 0 Å². The van der Waals surface area contributed by atoms with Crippen molar-refractivity contribution < 1.29 is 0 Å². The van der Waals surface area contributed by atoms with E-state index in [1.165, 1.54) is 11.1 Å². The number of hydrogen-bond donors (Lipinski definition) is 0. The van der Waals surface area contributed by atoms with Crippen LogP contribution in [-0.2, 0) is 7.05 Å². The molecule has 0 atom stereocenters. The Morgan fingerprint density at radius 1 is 1.27 bits per heavy atom. The van der Waals surface area contributed by atoms with Gasteiger partial charge in [0.1, 0.15) is 17.2 Å². The Labute approximate surface area is 132 Å². The Morgan fingerprint density at radius 3 is 2.55 bits per heavy atom. The average Bonchev–Trinajstić information content (AvgIpc) is 2.87. The molecule has 0 fully saturated rings. The molecule has 0 radical (unpaired) electrons. The minimum Gasteiger partial charge on any atom is -0.322 e. The van der Waals surface area contributed by atoms with Gasteiger partial charge in [0, 0.05) is 19.2 Å². The maximum Gasteiger partial charge on any atom is 0.131 e. The number of aromatic nitrogens is 2. The van der Waals surface area contributed by atoms with Crippen LogP contribution >= 0.6 is 0 Å². The van der Waals surface area contributed by atoms with Crippen LogP contribution in [0.25, 0.3) is 5.70 Å². The Hall–Kier alpha value is -2.28. The molecule has 2 aliphatic heterocycles. The smallest absolute Gasteiger partial charge is 0.131 e. The number of fused-ring (bicyclic) bond motifs is 1. The predicted molar refractivity (Wildman–Crippen MR) is 90.5 cm³/mol. The maximum atomic E-state index is 5.62. The van der Waals surface area contributed by atoms with Crippen LogP contribution in [0.3, 0.4) is 0 Å². The lowest BCUT2D eigenvalue weighted by Gasteiger charge is -2.29. The molecule has 114 valence electrons. The zero-order chi connectivity index (χ0) is 16.2. The quantitative estimate of drug-likeness (QED) is 0.746. The summed E-state index contributed by atoms with van der Waals surface area (Å²) in [5, 5.41) is 4.68. The number of amidine groups is 1. The van der Waals surface area contributed by atoms with Crippen LogP contribution in [0.5, 0.6) is 0 Å². The summed E-state index contributed by atoms with van der Waals surface area (Å²) in [5.41, 5.74) is 6.30. The number of allylic oxidation sites excluding steroid dienone is 2. The number of hydrogen-bond acceptors (Lipinski definition) is 3. The SMILES string of the molecule is C#Cc1c(C)c(C2=C(C)C=C(C)C3=NC(C)(C)CN32)nn1C. The second-order valence-corrected chi connectivity index (χ2v) is 6.78. The second kappa shape index (κ2) is 4.61. The molecule has 0 spiro atoms.